The Morgan fingerprint density at radius 3 is 2.28 bits per heavy atom. The molecule has 1 aromatic heterocycles. The molecule has 0 spiro atoms. The predicted octanol–water partition coefficient (Wildman–Crippen LogP) is 2.71. The van der Waals surface area contributed by atoms with E-state index in [-0.39, 0.29) is 10.1 Å². The van der Waals surface area contributed by atoms with Gasteiger partial charge in [0.25, 0.3) is 0 Å². The standard InChI is InChI=1S/C20H28BN3O4S/c1-13-11-18(24(6)23-13)22-14-7-10-16(17(12-14)29(25,26)15-8-9-15)21-27-19(2,3)20(4,5)28-21/h7,10-12,15,22H,8-9H2,1-6H3. The highest BCUT2D eigenvalue weighted by molar-refractivity contribution is 7.92. The summed E-state index contributed by atoms with van der Waals surface area (Å²) in [6, 6.07) is 7.26. The highest BCUT2D eigenvalue weighted by atomic mass is 32.2. The molecule has 9 heteroatoms. The van der Waals surface area contributed by atoms with E-state index in [0.29, 0.717) is 24.0 Å². The van der Waals surface area contributed by atoms with Gasteiger partial charge in [-0.25, -0.2) is 8.42 Å². The van der Waals surface area contributed by atoms with Gasteiger partial charge in [-0.2, -0.15) is 5.10 Å². The number of aromatic nitrogens is 2. The minimum absolute atomic E-state index is 0.280. The number of hydrogen-bond acceptors (Lipinski definition) is 6. The van der Waals surface area contributed by atoms with Crippen LogP contribution in [0.4, 0.5) is 11.5 Å². The lowest BCUT2D eigenvalue weighted by atomic mass is 9.79. The van der Waals surface area contributed by atoms with E-state index in [1.54, 1.807) is 16.8 Å². The van der Waals surface area contributed by atoms with Crippen LogP contribution in [0.3, 0.4) is 0 Å². The van der Waals surface area contributed by atoms with E-state index in [2.05, 4.69) is 10.4 Å². The molecule has 1 saturated carbocycles. The lowest BCUT2D eigenvalue weighted by Crippen LogP contribution is -2.41. The summed E-state index contributed by atoms with van der Waals surface area (Å²) in [5, 5.41) is 7.27. The van der Waals surface area contributed by atoms with E-state index in [4.69, 9.17) is 9.31 Å². The van der Waals surface area contributed by atoms with Crippen LogP contribution in [0, 0.1) is 6.92 Å². The SMILES string of the molecule is Cc1cc(Nc2ccc(B3OC(C)(C)C(C)(C)O3)c(S(=O)(=O)C3CC3)c2)n(C)n1. The smallest absolute Gasteiger partial charge is 0.399 e. The number of rotatable bonds is 5. The third-order valence-corrected chi connectivity index (χ3v) is 8.38. The molecule has 1 aliphatic carbocycles. The minimum atomic E-state index is -3.45. The average Bonchev–Trinajstić information content (AvgIpc) is 3.37. The maximum Gasteiger partial charge on any atom is 0.496 e. The van der Waals surface area contributed by atoms with E-state index in [0.717, 1.165) is 11.5 Å². The molecule has 2 fully saturated rings. The Morgan fingerprint density at radius 1 is 1.14 bits per heavy atom. The summed E-state index contributed by atoms with van der Waals surface area (Å²) in [7, 11) is -2.33. The van der Waals surface area contributed by atoms with Gasteiger partial charge in [-0.15, -0.1) is 0 Å². The zero-order chi connectivity index (χ0) is 21.2. The van der Waals surface area contributed by atoms with E-state index in [1.165, 1.54) is 0 Å². The number of sulfone groups is 1. The Morgan fingerprint density at radius 2 is 1.76 bits per heavy atom. The number of hydrogen-bond donors (Lipinski definition) is 1. The van der Waals surface area contributed by atoms with Gasteiger partial charge in [0.05, 0.1) is 27.0 Å². The Hall–Kier alpha value is -1.84. The zero-order valence-electron chi connectivity index (χ0n) is 17.8. The fourth-order valence-electron chi connectivity index (χ4n) is 3.46. The number of nitrogens with one attached hydrogen (secondary N) is 1. The Labute approximate surface area is 172 Å². The normalized spacial score (nSPS) is 20.8. The van der Waals surface area contributed by atoms with E-state index >= 15 is 0 Å². The van der Waals surface area contributed by atoms with Crippen molar-refractivity contribution < 1.29 is 17.7 Å². The van der Waals surface area contributed by atoms with Crippen LogP contribution in [-0.2, 0) is 26.2 Å². The van der Waals surface area contributed by atoms with Crippen LogP contribution in [0.1, 0.15) is 46.2 Å². The van der Waals surface area contributed by atoms with Gasteiger partial charge < -0.3 is 14.6 Å². The fraction of sp³-hybridized carbons (Fsp3) is 0.550. The summed E-state index contributed by atoms with van der Waals surface area (Å²) in [6.45, 7) is 9.76. The molecule has 0 atom stereocenters. The second kappa shape index (κ2) is 6.58. The van der Waals surface area contributed by atoms with Crippen LogP contribution >= 0.6 is 0 Å². The van der Waals surface area contributed by atoms with Crippen molar-refractivity contribution in [2.75, 3.05) is 5.32 Å². The molecular formula is C20H28BN3O4S. The maximum atomic E-state index is 13.2. The molecule has 0 radical (unpaired) electrons. The summed E-state index contributed by atoms with van der Waals surface area (Å²) < 4.78 is 40.4. The van der Waals surface area contributed by atoms with Crippen molar-refractivity contribution >= 4 is 33.9 Å². The zero-order valence-corrected chi connectivity index (χ0v) is 18.6. The van der Waals surface area contributed by atoms with Crippen molar-refractivity contribution in [1.82, 2.24) is 9.78 Å². The summed E-state index contributed by atoms with van der Waals surface area (Å²) in [5.74, 6) is 0.792. The molecule has 7 nitrogen and oxygen atoms in total. The van der Waals surface area contributed by atoms with Gasteiger partial charge in [-0.3, -0.25) is 4.68 Å². The second-order valence-corrected chi connectivity index (χ2v) is 11.2. The monoisotopic (exact) mass is 417 g/mol. The Balaban J connectivity index is 1.75. The molecule has 156 valence electrons. The Bertz CT molecular complexity index is 1040. The molecule has 1 N–H and O–H groups in total. The first-order valence-electron chi connectivity index (χ1n) is 9.92. The van der Waals surface area contributed by atoms with E-state index in [9.17, 15) is 8.42 Å². The number of aryl methyl sites for hydroxylation is 2. The highest BCUT2D eigenvalue weighted by Crippen LogP contribution is 2.39. The molecule has 2 aromatic rings. The molecular weight excluding hydrogens is 389 g/mol. The largest absolute Gasteiger partial charge is 0.496 e. The summed E-state index contributed by atoms with van der Waals surface area (Å²) in [6.07, 6.45) is 1.40. The molecule has 1 aliphatic heterocycles. The summed E-state index contributed by atoms with van der Waals surface area (Å²) in [4.78, 5) is 0.280. The van der Waals surface area contributed by atoms with Gasteiger partial charge in [0.15, 0.2) is 9.84 Å². The van der Waals surface area contributed by atoms with Crippen LogP contribution in [0.25, 0.3) is 0 Å². The molecule has 29 heavy (non-hydrogen) atoms. The van der Waals surface area contributed by atoms with Crippen LogP contribution in [-0.4, -0.2) is 41.8 Å². The number of benzene rings is 1. The third-order valence-electron chi connectivity index (χ3n) is 6.06. The molecule has 0 bridgehead atoms. The average molecular weight is 417 g/mol. The maximum absolute atomic E-state index is 13.2. The molecule has 4 rings (SSSR count). The highest BCUT2D eigenvalue weighted by Gasteiger charge is 2.53. The van der Waals surface area contributed by atoms with Crippen molar-refractivity contribution in [3.05, 3.63) is 30.0 Å². The van der Waals surface area contributed by atoms with Crippen LogP contribution in [0.5, 0.6) is 0 Å². The topological polar surface area (TPSA) is 82.5 Å². The minimum Gasteiger partial charge on any atom is -0.399 e. The first kappa shape index (κ1) is 20.4. The van der Waals surface area contributed by atoms with Crippen LogP contribution in [0.2, 0.25) is 0 Å². The predicted molar refractivity (Wildman–Crippen MR) is 114 cm³/mol. The lowest BCUT2D eigenvalue weighted by molar-refractivity contribution is 0.00578. The molecule has 1 aromatic carbocycles. The first-order chi connectivity index (χ1) is 13.4. The van der Waals surface area contributed by atoms with E-state index < -0.39 is 28.2 Å². The van der Waals surface area contributed by atoms with Crippen molar-refractivity contribution in [3.8, 4) is 0 Å². The third kappa shape index (κ3) is 3.60. The van der Waals surface area contributed by atoms with Gasteiger partial charge >= 0.3 is 7.12 Å². The lowest BCUT2D eigenvalue weighted by Gasteiger charge is -2.32. The van der Waals surface area contributed by atoms with Gasteiger partial charge in [0.2, 0.25) is 0 Å². The summed E-state index contributed by atoms with van der Waals surface area (Å²) in [5.41, 5.74) is 1.05. The van der Waals surface area contributed by atoms with Gasteiger partial charge in [0.1, 0.15) is 5.82 Å². The van der Waals surface area contributed by atoms with Crippen molar-refractivity contribution in [2.45, 2.75) is 68.8 Å². The van der Waals surface area contributed by atoms with Crippen molar-refractivity contribution in [3.63, 3.8) is 0 Å². The molecule has 2 heterocycles. The number of nitrogens with zero attached hydrogens (tertiary/aromatic N) is 2. The summed E-state index contributed by atoms with van der Waals surface area (Å²) >= 11 is 0. The van der Waals surface area contributed by atoms with E-state index in [1.807, 2.05) is 53.8 Å². The molecule has 1 saturated heterocycles. The molecule has 0 amide bonds. The van der Waals surface area contributed by atoms with Gasteiger partial charge in [0, 0.05) is 24.3 Å². The van der Waals surface area contributed by atoms with Crippen molar-refractivity contribution in [2.24, 2.45) is 7.05 Å². The van der Waals surface area contributed by atoms with Gasteiger partial charge in [-0.05, 0) is 59.6 Å². The number of anilines is 2. The fourth-order valence-corrected chi connectivity index (χ4v) is 5.36. The Kier molecular flexibility index (Phi) is 4.64. The molecule has 0 unspecified atom stereocenters. The van der Waals surface area contributed by atoms with Gasteiger partial charge in [-0.1, -0.05) is 6.07 Å². The molecule has 2 aliphatic rings. The van der Waals surface area contributed by atoms with Crippen molar-refractivity contribution in [1.29, 1.82) is 0 Å². The first-order valence-corrected chi connectivity index (χ1v) is 11.5. The quantitative estimate of drug-likeness (QED) is 0.754. The second-order valence-electron chi connectivity index (χ2n) is 9.00. The van der Waals surface area contributed by atoms with Crippen LogP contribution < -0.4 is 10.8 Å². The van der Waals surface area contributed by atoms with Crippen LogP contribution in [0.15, 0.2) is 29.2 Å².